The predicted octanol–water partition coefficient (Wildman–Crippen LogP) is 1.43. The molecule has 2 nitrogen and oxygen atoms in total. The van der Waals surface area contributed by atoms with Crippen LogP contribution in [0.4, 0.5) is 0 Å². The number of nitrogens with one attached hydrogen (secondary N) is 1. The van der Waals surface area contributed by atoms with Crippen molar-refractivity contribution in [2.24, 2.45) is 0 Å². The van der Waals surface area contributed by atoms with Gasteiger partial charge in [-0.2, -0.15) is 0 Å². The zero-order valence-corrected chi connectivity index (χ0v) is 8.53. The standard InChI is InChI=1S/C12H17NO/c1-9-2-4-10(5-3-9)11-6-12(14)8-13-7-11/h2-5,11-14H,6-8H2,1H3. The Balaban J connectivity index is 2.10. The molecule has 0 amide bonds. The third-order valence-corrected chi connectivity index (χ3v) is 2.88. The van der Waals surface area contributed by atoms with Crippen molar-refractivity contribution < 1.29 is 5.11 Å². The van der Waals surface area contributed by atoms with Crippen molar-refractivity contribution in [3.05, 3.63) is 35.4 Å². The molecule has 0 radical (unpaired) electrons. The van der Waals surface area contributed by atoms with E-state index in [4.69, 9.17) is 0 Å². The summed E-state index contributed by atoms with van der Waals surface area (Å²) < 4.78 is 0. The van der Waals surface area contributed by atoms with Crippen LogP contribution in [0, 0.1) is 6.92 Å². The highest BCUT2D eigenvalue weighted by Gasteiger charge is 2.20. The summed E-state index contributed by atoms with van der Waals surface area (Å²) in [7, 11) is 0. The molecule has 1 heterocycles. The van der Waals surface area contributed by atoms with Crippen LogP contribution in [-0.2, 0) is 0 Å². The molecule has 0 aliphatic carbocycles. The Morgan fingerprint density at radius 2 is 1.93 bits per heavy atom. The number of rotatable bonds is 1. The van der Waals surface area contributed by atoms with Crippen LogP contribution < -0.4 is 5.32 Å². The lowest BCUT2D eigenvalue weighted by Gasteiger charge is -2.27. The fraction of sp³-hybridized carbons (Fsp3) is 0.500. The monoisotopic (exact) mass is 191 g/mol. The normalized spacial score (nSPS) is 27.6. The van der Waals surface area contributed by atoms with Crippen molar-refractivity contribution in [2.45, 2.75) is 25.4 Å². The van der Waals surface area contributed by atoms with Crippen LogP contribution in [0.1, 0.15) is 23.5 Å². The molecule has 2 heteroatoms. The molecule has 2 rings (SSSR count). The second-order valence-corrected chi connectivity index (χ2v) is 4.16. The average molecular weight is 191 g/mol. The molecule has 0 spiro atoms. The molecule has 2 unspecified atom stereocenters. The van der Waals surface area contributed by atoms with Crippen LogP contribution in [0.25, 0.3) is 0 Å². The molecule has 2 atom stereocenters. The van der Waals surface area contributed by atoms with Gasteiger partial charge >= 0.3 is 0 Å². The summed E-state index contributed by atoms with van der Waals surface area (Å²) in [5.74, 6) is 0.472. The summed E-state index contributed by atoms with van der Waals surface area (Å²) >= 11 is 0. The van der Waals surface area contributed by atoms with E-state index in [0.29, 0.717) is 5.92 Å². The molecule has 0 saturated carbocycles. The van der Waals surface area contributed by atoms with Crippen molar-refractivity contribution in [1.82, 2.24) is 5.32 Å². The van der Waals surface area contributed by atoms with Crippen molar-refractivity contribution >= 4 is 0 Å². The molecule has 1 fully saturated rings. The van der Waals surface area contributed by atoms with E-state index in [1.165, 1.54) is 11.1 Å². The lowest BCUT2D eigenvalue weighted by Crippen LogP contribution is -2.38. The second-order valence-electron chi connectivity index (χ2n) is 4.16. The van der Waals surface area contributed by atoms with Gasteiger partial charge in [-0.25, -0.2) is 0 Å². The molecular weight excluding hydrogens is 174 g/mol. The van der Waals surface area contributed by atoms with Gasteiger partial charge in [0.2, 0.25) is 0 Å². The zero-order chi connectivity index (χ0) is 9.97. The molecule has 0 bridgehead atoms. The number of hydrogen-bond acceptors (Lipinski definition) is 2. The highest BCUT2D eigenvalue weighted by Crippen LogP contribution is 2.23. The number of benzene rings is 1. The second kappa shape index (κ2) is 4.11. The van der Waals surface area contributed by atoms with Gasteiger partial charge in [0.1, 0.15) is 0 Å². The minimum absolute atomic E-state index is 0.185. The fourth-order valence-electron chi connectivity index (χ4n) is 2.01. The van der Waals surface area contributed by atoms with E-state index in [-0.39, 0.29) is 6.10 Å². The Morgan fingerprint density at radius 3 is 2.57 bits per heavy atom. The van der Waals surface area contributed by atoms with E-state index < -0.39 is 0 Å². The number of aliphatic hydroxyl groups excluding tert-OH is 1. The topological polar surface area (TPSA) is 32.3 Å². The highest BCUT2D eigenvalue weighted by atomic mass is 16.3. The molecule has 14 heavy (non-hydrogen) atoms. The molecule has 1 aromatic carbocycles. The Kier molecular flexibility index (Phi) is 2.85. The van der Waals surface area contributed by atoms with Gasteiger partial charge in [0.05, 0.1) is 6.10 Å². The van der Waals surface area contributed by atoms with Gasteiger partial charge in [0.25, 0.3) is 0 Å². The molecule has 0 aromatic heterocycles. The maximum absolute atomic E-state index is 9.53. The largest absolute Gasteiger partial charge is 0.392 e. The highest BCUT2D eigenvalue weighted by molar-refractivity contribution is 5.25. The summed E-state index contributed by atoms with van der Waals surface area (Å²) in [6.45, 7) is 3.82. The summed E-state index contributed by atoms with van der Waals surface area (Å²) in [6, 6.07) is 8.60. The Bertz CT molecular complexity index is 294. The first-order valence-corrected chi connectivity index (χ1v) is 5.21. The number of hydrogen-bond donors (Lipinski definition) is 2. The SMILES string of the molecule is Cc1ccc(C2CNCC(O)C2)cc1. The van der Waals surface area contributed by atoms with Gasteiger partial charge in [-0.3, -0.25) is 0 Å². The van der Waals surface area contributed by atoms with Crippen molar-refractivity contribution in [3.8, 4) is 0 Å². The summed E-state index contributed by atoms with van der Waals surface area (Å²) in [4.78, 5) is 0. The van der Waals surface area contributed by atoms with E-state index in [0.717, 1.165) is 19.5 Å². The van der Waals surface area contributed by atoms with Crippen LogP contribution in [0.5, 0.6) is 0 Å². The Hall–Kier alpha value is -0.860. The first-order chi connectivity index (χ1) is 6.75. The number of β-amino-alcohol motifs (C(OH)–C–C–N with tert-alkyl or cyclic N) is 1. The minimum atomic E-state index is -0.185. The van der Waals surface area contributed by atoms with E-state index in [1.807, 2.05) is 0 Å². The molecule has 1 aliphatic rings. The van der Waals surface area contributed by atoms with Crippen LogP contribution in [0.3, 0.4) is 0 Å². The third kappa shape index (κ3) is 2.14. The van der Waals surface area contributed by atoms with Crippen molar-refractivity contribution in [2.75, 3.05) is 13.1 Å². The van der Waals surface area contributed by atoms with E-state index in [1.54, 1.807) is 0 Å². The minimum Gasteiger partial charge on any atom is -0.392 e. The maximum atomic E-state index is 9.53. The maximum Gasteiger partial charge on any atom is 0.0670 e. The van der Waals surface area contributed by atoms with E-state index in [2.05, 4.69) is 36.5 Å². The number of aryl methyl sites for hydroxylation is 1. The zero-order valence-electron chi connectivity index (χ0n) is 8.53. The predicted molar refractivity (Wildman–Crippen MR) is 57.4 cm³/mol. The van der Waals surface area contributed by atoms with E-state index >= 15 is 0 Å². The molecule has 1 aliphatic heterocycles. The third-order valence-electron chi connectivity index (χ3n) is 2.88. The number of aliphatic hydroxyl groups is 1. The van der Waals surface area contributed by atoms with E-state index in [9.17, 15) is 5.11 Å². The first-order valence-electron chi connectivity index (χ1n) is 5.21. The lowest BCUT2D eigenvalue weighted by molar-refractivity contribution is 0.132. The van der Waals surface area contributed by atoms with Crippen LogP contribution >= 0.6 is 0 Å². The summed E-state index contributed by atoms with van der Waals surface area (Å²) in [5, 5.41) is 12.8. The molecule has 1 saturated heterocycles. The van der Waals surface area contributed by atoms with Gasteiger partial charge < -0.3 is 10.4 Å². The Morgan fingerprint density at radius 1 is 1.21 bits per heavy atom. The smallest absolute Gasteiger partial charge is 0.0670 e. The van der Waals surface area contributed by atoms with Crippen LogP contribution in [0.15, 0.2) is 24.3 Å². The first kappa shape index (κ1) is 9.69. The van der Waals surface area contributed by atoms with Crippen molar-refractivity contribution in [3.63, 3.8) is 0 Å². The lowest BCUT2D eigenvalue weighted by atomic mass is 9.90. The quantitative estimate of drug-likeness (QED) is 0.704. The fourth-order valence-corrected chi connectivity index (χ4v) is 2.01. The van der Waals surface area contributed by atoms with Crippen molar-refractivity contribution in [1.29, 1.82) is 0 Å². The molecule has 76 valence electrons. The molecular formula is C12H17NO. The summed E-state index contributed by atoms with van der Waals surface area (Å²) in [5.41, 5.74) is 2.62. The van der Waals surface area contributed by atoms with Gasteiger partial charge in [-0.05, 0) is 24.8 Å². The van der Waals surface area contributed by atoms with Crippen LogP contribution in [-0.4, -0.2) is 24.3 Å². The van der Waals surface area contributed by atoms with Gasteiger partial charge in [0, 0.05) is 13.1 Å². The van der Waals surface area contributed by atoms with Gasteiger partial charge in [-0.1, -0.05) is 29.8 Å². The van der Waals surface area contributed by atoms with Crippen LogP contribution in [0.2, 0.25) is 0 Å². The molecule has 2 N–H and O–H groups in total. The number of piperidine rings is 1. The van der Waals surface area contributed by atoms with Gasteiger partial charge in [-0.15, -0.1) is 0 Å². The average Bonchev–Trinajstić information content (AvgIpc) is 2.19. The summed E-state index contributed by atoms with van der Waals surface area (Å²) in [6.07, 6.45) is 0.700. The Labute approximate surface area is 85.0 Å². The molecule has 1 aromatic rings. The van der Waals surface area contributed by atoms with Gasteiger partial charge in [0.15, 0.2) is 0 Å².